The zero-order valence-electron chi connectivity index (χ0n) is 16.3. The summed E-state index contributed by atoms with van der Waals surface area (Å²) in [6, 6.07) is 7.90. The molecule has 0 saturated carbocycles. The third-order valence-corrected chi connectivity index (χ3v) is 5.21. The first-order valence-electron chi connectivity index (χ1n) is 9.99. The van der Waals surface area contributed by atoms with Crippen molar-refractivity contribution >= 4 is 11.6 Å². The molecule has 1 N–H and O–H groups in total. The van der Waals surface area contributed by atoms with Crippen LogP contribution in [0.3, 0.4) is 0 Å². The first kappa shape index (κ1) is 19.0. The third-order valence-electron chi connectivity index (χ3n) is 5.21. The van der Waals surface area contributed by atoms with Crippen LogP contribution in [0.15, 0.2) is 28.8 Å². The van der Waals surface area contributed by atoms with Crippen LogP contribution in [0, 0.1) is 6.92 Å². The molecule has 2 aliphatic rings. The van der Waals surface area contributed by atoms with Crippen LogP contribution in [0.4, 0.5) is 5.69 Å². The normalized spacial score (nSPS) is 17.5. The van der Waals surface area contributed by atoms with E-state index in [2.05, 4.69) is 16.5 Å². The van der Waals surface area contributed by atoms with Crippen LogP contribution >= 0.6 is 0 Å². The summed E-state index contributed by atoms with van der Waals surface area (Å²) in [6.07, 6.45) is 4.50. The molecule has 3 heterocycles. The van der Waals surface area contributed by atoms with Crippen LogP contribution in [-0.4, -0.2) is 43.5 Å². The van der Waals surface area contributed by atoms with Gasteiger partial charge in [-0.3, -0.25) is 9.69 Å². The van der Waals surface area contributed by atoms with Gasteiger partial charge in [0.25, 0.3) is 5.91 Å². The van der Waals surface area contributed by atoms with E-state index in [0.717, 1.165) is 68.3 Å². The summed E-state index contributed by atoms with van der Waals surface area (Å²) in [7, 11) is 0. The average molecular weight is 385 g/mol. The summed E-state index contributed by atoms with van der Waals surface area (Å²) >= 11 is 0. The third kappa shape index (κ3) is 4.54. The lowest BCUT2D eigenvalue weighted by molar-refractivity contribution is -0.121. The molecule has 1 aromatic heterocycles. The van der Waals surface area contributed by atoms with E-state index in [9.17, 15) is 4.79 Å². The number of nitrogens with one attached hydrogen (secondary N) is 1. The minimum absolute atomic E-state index is 0.0477. The average Bonchev–Trinajstić information content (AvgIpc) is 3.13. The number of carbonyl (C=O) groups excluding carboxylic acids is 1. The van der Waals surface area contributed by atoms with Gasteiger partial charge >= 0.3 is 0 Å². The van der Waals surface area contributed by atoms with Gasteiger partial charge in [0.05, 0.1) is 18.3 Å². The summed E-state index contributed by atoms with van der Waals surface area (Å²) in [6.45, 7) is 5.15. The van der Waals surface area contributed by atoms with E-state index in [-0.39, 0.29) is 12.5 Å². The van der Waals surface area contributed by atoms with Crippen LogP contribution in [0.5, 0.6) is 5.75 Å². The molecule has 1 aromatic carbocycles. The maximum absolute atomic E-state index is 12.3. The molecule has 4 rings (SSSR count). The van der Waals surface area contributed by atoms with Crippen molar-refractivity contribution in [3.8, 4) is 5.75 Å². The van der Waals surface area contributed by atoms with Gasteiger partial charge in [0.15, 0.2) is 6.61 Å². The van der Waals surface area contributed by atoms with Crippen molar-refractivity contribution in [3.05, 3.63) is 41.3 Å². The lowest BCUT2D eigenvalue weighted by Crippen LogP contribution is -2.38. The highest BCUT2D eigenvalue weighted by molar-refractivity contribution is 5.97. The number of carbonyl (C=O) groups is 1. The van der Waals surface area contributed by atoms with Gasteiger partial charge in [0.2, 0.25) is 0 Å². The number of rotatable bonds is 7. The fourth-order valence-corrected chi connectivity index (χ4v) is 3.72. The lowest BCUT2D eigenvalue weighted by atomic mass is 10.1. The minimum Gasteiger partial charge on any atom is -0.482 e. The molecule has 28 heavy (non-hydrogen) atoms. The molecule has 150 valence electrons. The quantitative estimate of drug-likeness (QED) is 0.739. The second-order valence-electron chi connectivity index (χ2n) is 7.42. The molecule has 1 amide bonds. The van der Waals surface area contributed by atoms with E-state index in [0.29, 0.717) is 12.6 Å². The molecular weight excluding hydrogens is 358 g/mol. The fourth-order valence-electron chi connectivity index (χ4n) is 3.72. The van der Waals surface area contributed by atoms with Gasteiger partial charge in [-0.2, -0.15) is 0 Å². The number of aromatic nitrogens is 1. The summed E-state index contributed by atoms with van der Waals surface area (Å²) in [5.74, 6) is 1.41. The Morgan fingerprint density at radius 3 is 2.93 bits per heavy atom. The van der Waals surface area contributed by atoms with E-state index < -0.39 is 0 Å². The number of benzene rings is 1. The smallest absolute Gasteiger partial charge is 0.265 e. The summed E-state index contributed by atoms with van der Waals surface area (Å²) in [4.78, 5) is 14.0. The predicted molar refractivity (Wildman–Crippen MR) is 105 cm³/mol. The fraction of sp³-hybridized carbons (Fsp3) is 0.524. The molecule has 1 saturated heterocycles. The van der Waals surface area contributed by atoms with Crippen LogP contribution in [0.1, 0.15) is 36.3 Å². The Balaban J connectivity index is 1.35. The predicted octanol–water partition coefficient (Wildman–Crippen LogP) is 2.61. The highest BCUT2D eigenvalue weighted by Gasteiger charge is 2.26. The zero-order chi connectivity index (χ0) is 19.3. The first-order chi connectivity index (χ1) is 13.7. The van der Waals surface area contributed by atoms with Crippen LogP contribution in [0.2, 0.25) is 0 Å². The number of hydrogen-bond acceptors (Lipinski definition) is 6. The molecule has 0 aliphatic carbocycles. The molecule has 7 nitrogen and oxygen atoms in total. The van der Waals surface area contributed by atoms with E-state index in [1.807, 2.05) is 25.1 Å². The van der Waals surface area contributed by atoms with E-state index in [1.54, 1.807) is 4.90 Å². The molecule has 2 aliphatic heterocycles. The number of piperidine rings is 1. The number of fused-ring (bicyclic) bond motifs is 1. The van der Waals surface area contributed by atoms with Gasteiger partial charge in [0, 0.05) is 12.7 Å². The lowest BCUT2D eigenvalue weighted by Gasteiger charge is -2.29. The van der Waals surface area contributed by atoms with Crippen molar-refractivity contribution in [2.24, 2.45) is 0 Å². The van der Waals surface area contributed by atoms with Crippen molar-refractivity contribution in [2.45, 2.75) is 45.3 Å². The standard InChI is InChI=1S/C21H27N3O4/c1-15-11-17(23-28-15)13-24-19-5-4-16(12-20(19)27-14-21(24)25)3-2-10-26-18-6-8-22-9-7-18/h4-5,11-12,18,22H,2-3,6-10,13-14H2,1H3. The van der Waals surface area contributed by atoms with E-state index >= 15 is 0 Å². The van der Waals surface area contributed by atoms with Gasteiger partial charge in [-0.15, -0.1) is 0 Å². The Morgan fingerprint density at radius 1 is 1.29 bits per heavy atom. The Morgan fingerprint density at radius 2 is 2.14 bits per heavy atom. The van der Waals surface area contributed by atoms with Gasteiger partial charge in [-0.1, -0.05) is 11.2 Å². The topological polar surface area (TPSA) is 76.8 Å². The minimum atomic E-state index is -0.0729. The highest BCUT2D eigenvalue weighted by atomic mass is 16.5. The summed E-state index contributed by atoms with van der Waals surface area (Å²) < 4.78 is 16.8. The number of hydrogen-bond donors (Lipinski definition) is 1. The number of nitrogens with zero attached hydrogens (tertiary/aromatic N) is 2. The van der Waals surface area contributed by atoms with Gasteiger partial charge in [-0.25, -0.2) is 0 Å². The molecule has 0 unspecified atom stereocenters. The Kier molecular flexibility index (Phi) is 5.92. The SMILES string of the molecule is Cc1cc(CN2C(=O)COc3cc(CCCOC4CCNCC4)ccc32)no1. The monoisotopic (exact) mass is 385 g/mol. The largest absolute Gasteiger partial charge is 0.482 e. The molecule has 0 radical (unpaired) electrons. The molecule has 0 atom stereocenters. The molecule has 0 bridgehead atoms. The van der Waals surface area contributed by atoms with Crippen molar-refractivity contribution in [1.82, 2.24) is 10.5 Å². The van der Waals surface area contributed by atoms with Gasteiger partial charge < -0.3 is 19.3 Å². The summed E-state index contributed by atoms with van der Waals surface area (Å²) in [5.41, 5.74) is 2.71. The van der Waals surface area contributed by atoms with Crippen LogP contribution < -0.4 is 15.0 Å². The molecule has 0 spiro atoms. The molecule has 2 aromatic rings. The Bertz CT molecular complexity index is 814. The Hall–Kier alpha value is -2.38. The van der Waals surface area contributed by atoms with Crippen LogP contribution in [-0.2, 0) is 22.5 Å². The number of aryl methyl sites for hydroxylation is 2. The van der Waals surface area contributed by atoms with Crippen molar-refractivity contribution < 1.29 is 18.8 Å². The maximum atomic E-state index is 12.3. The van der Waals surface area contributed by atoms with Crippen LogP contribution in [0.25, 0.3) is 0 Å². The number of anilines is 1. The number of ether oxygens (including phenoxy) is 2. The van der Waals surface area contributed by atoms with Crippen molar-refractivity contribution in [1.29, 1.82) is 0 Å². The highest BCUT2D eigenvalue weighted by Crippen LogP contribution is 2.34. The van der Waals surface area contributed by atoms with Gasteiger partial charge in [-0.05, 0) is 63.4 Å². The van der Waals surface area contributed by atoms with E-state index in [4.69, 9.17) is 14.0 Å². The second kappa shape index (κ2) is 8.75. The second-order valence-corrected chi connectivity index (χ2v) is 7.42. The first-order valence-corrected chi connectivity index (χ1v) is 9.99. The van der Waals surface area contributed by atoms with Gasteiger partial charge in [0.1, 0.15) is 17.2 Å². The Labute approximate surface area is 165 Å². The molecular formula is C21H27N3O4. The molecule has 7 heteroatoms. The zero-order valence-corrected chi connectivity index (χ0v) is 16.3. The van der Waals surface area contributed by atoms with Crippen molar-refractivity contribution in [2.75, 3.05) is 31.2 Å². The maximum Gasteiger partial charge on any atom is 0.265 e. The van der Waals surface area contributed by atoms with E-state index in [1.165, 1.54) is 5.56 Å². The molecule has 1 fully saturated rings. The number of amides is 1. The summed E-state index contributed by atoms with van der Waals surface area (Å²) in [5, 5.41) is 7.35. The van der Waals surface area contributed by atoms with Crippen molar-refractivity contribution in [3.63, 3.8) is 0 Å².